The number of nitrogens with one attached hydrogen (secondary N) is 2. The van der Waals surface area contributed by atoms with Crippen LogP contribution in [0.5, 0.6) is 0 Å². The lowest BCUT2D eigenvalue weighted by Crippen LogP contribution is -2.34. The van der Waals surface area contributed by atoms with Crippen molar-refractivity contribution in [2.24, 2.45) is 0 Å². The van der Waals surface area contributed by atoms with E-state index in [9.17, 15) is 9.59 Å². The van der Waals surface area contributed by atoms with Crippen LogP contribution in [-0.2, 0) is 0 Å². The molecule has 1 saturated heterocycles. The average molecular weight is 317 g/mol. The number of nitrogens with zero attached hydrogens (tertiary/aromatic N) is 1. The second-order valence-corrected chi connectivity index (χ2v) is 6.75. The Morgan fingerprint density at radius 2 is 2.18 bits per heavy atom. The van der Waals surface area contributed by atoms with Crippen LogP contribution in [0.3, 0.4) is 0 Å². The molecule has 2 N–H and O–H groups in total. The number of aromatic nitrogens is 1. The fourth-order valence-electron chi connectivity index (χ4n) is 2.76. The minimum atomic E-state index is -0.247. The van der Waals surface area contributed by atoms with Crippen molar-refractivity contribution in [2.45, 2.75) is 32.7 Å². The van der Waals surface area contributed by atoms with Crippen LogP contribution >= 0.6 is 11.3 Å². The summed E-state index contributed by atoms with van der Waals surface area (Å²) in [7, 11) is 0. The highest BCUT2D eigenvalue weighted by atomic mass is 32.1. The Morgan fingerprint density at radius 1 is 1.36 bits per heavy atom. The molecule has 0 saturated carbocycles. The predicted octanol–water partition coefficient (Wildman–Crippen LogP) is 2.34. The molecule has 1 amide bonds. The second-order valence-electron chi connectivity index (χ2n) is 5.64. The Labute approximate surface area is 133 Å². The SMILES string of the molecule is Cc1cc(C)n(NC(=O)c2ccc([C@H]3CCCN3)s2)c(=O)c1. The molecule has 2 aromatic rings. The van der Waals surface area contributed by atoms with Gasteiger partial charge in [0.15, 0.2) is 0 Å². The molecule has 1 aliphatic rings. The van der Waals surface area contributed by atoms with Crippen molar-refractivity contribution in [2.75, 3.05) is 12.0 Å². The molecule has 1 atom stereocenters. The average Bonchev–Trinajstić information content (AvgIpc) is 3.12. The molecule has 1 fully saturated rings. The zero-order valence-electron chi connectivity index (χ0n) is 12.7. The monoisotopic (exact) mass is 317 g/mol. The quantitative estimate of drug-likeness (QED) is 0.913. The van der Waals surface area contributed by atoms with Gasteiger partial charge in [0.1, 0.15) is 0 Å². The molecule has 0 unspecified atom stereocenters. The van der Waals surface area contributed by atoms with E-state index in [2.05, 4.69) is 10.7 Å². The number of thiophene rings is 1. The number of carbonyl (C=O) groups is 1. The van der Waals surface area contributed by atoms with Crippen LogP contribution in [0.2, 0.25) is 0 Å². The fraction of sp³-hybridized carbons (Fsp3) is 0.375. The molecule has 0 aliphatic carbocycles. The van der Waals surface area contributed by atoms with Gasteiger partial charge in [-0.05, 0) is 57.0 Å². The highest BCUT2D eigenvalue weighted by molar-refractivity contribution is 7.14. The van der Waals surface area contributed by atoms with E-state index < -0.39 is 0 Å². The topological polar surface area (TPSA) is 63.1 Å². The maximum atomic E-state index is 12.4. The Kier molecular flexibility index (Phi) is 4.13. The fourth-order valence-corrected chi connectivity index (χ4v) is 3.77. The zero-order chi connectivity index (χ0) is 15.7. The third-order valence-corrected chi connectivity index (χ3v) is 5.03. The summed E-state index contributed by atoms with van der Waals surface area (Å²) >= 11 is 1.48. The molecule has 3 rings (SSSR count). The highest BCUT2D eigenvalue weighted by Crippen LogP contribution is 2.29. The first-order valence-corrected chi connectivity index (χ1v) is 8.21. The molecular weight excluding hydrogens is 298 g/mol. The van der Waals surface area contributed by atoms with Crippen molar-refractivity contribution in [3.05, 3.63) is 55.6 Å². The lowest BCUT2D eigenvalue weighted by atomic mass is 10.2. The summed E-state index contributed by atoms with van der Waals surface area (Å²) < 4.78 is 1.29. The smallest absolute Gasteiger partial charge is 0.280 e. The van der Waals surface area contributed by atoms with E-state index in [0.29, 0.717) is 16.6 Å². The summed E-state index contributed by atoms with van der Waals surface area (Å²) in [4.78, 5) is 26.1. The Morgan fingerprint density at radius 3 is 2.86 bits per heavy atom. The van der Waals surface area contributed by atoms with Crippen molar-refractivity contribution in [3.63, 3.8) is 0 Å². The molecule has 116 valence electrons. The first kappa shape index (κ1) is 15.0. The van der Waals surface area contributed by atoms with Gasteiger partial charge in [-0.15, -0.1) is 11.3 Å². The number of pyridine rings is 1. The minimum Gasteiger partial charge on any atom is -0.309 e. The second kappa shape index (κ2) is 6.06. The molecule has 3 heterocycles. The van der Waals surface area contributed by atoms with Crippen LogP contribution in [-0.4, -0.2) is 17.1 Å². The summed E-state index contributed by atoms with van der Waals surface area (Å²) in [6.45, 7) is 4.69. The molecular formula is C16H19N3O2S. The van der Waals surface area contributed by atoms with Gasteiger partial charge in [-0.3, -0.25) is 15.0 Å². The Bertz CT molecular complexity index is 757. The van der Waals surface area contributed by atoms with Crippen LogP contribution in [0.15, 0.2) is 29.1 Å². The Hall–Kier alpha value is -1.92. The van der Waals surface area contributed by atoms with Crippen molar-refractivity contribution in [3.8, 4) is 0 Å². The van der Waals surface area contributed by atoms with Gasteiger partial charge < -0.3 is 5.32 Å². The van der Waals surface area contributed by atoms with E-state index in [0.717, 1.165) is 18.5 Å². The normalized spacial score (nSPS) is 17.6. The van der Waals surface area contributed by atoms with Gasteiger partial charge in [-0.2, -0.15) is 0 Å². The number of amides is 1. The lowest BCUT2D eigenvalue weighted by Gasteiger charge is -2.11. The summed E-state index contributed by atoms with van der Waals surface area (Å²) in [5.74, 6) is -0.247. The van der Waals surface area contributed by atoms with Crippen LogP contribution < -0.4 is 16.3 Å². The molecule has 0 spiro atoms. The molecule has 22 heavy (non-hydrogen) atoms. The maximum absolute atomic E-state index is 12.4. The minimum absolute atomic E-state index is 0.222. The van der Waals surface area contributed by atoms with Crippen LogP contribution in [0.4, 0.5) is 0 Å². The van der Waals surface area contributed by atoms with Crippen molar-refractivity contribution < 1.29 is 4.79 Å². The van der Waals surface area contributed by atoms with Crippen molar-refractivity contribution in [1.29, 1.82) is 0 Å². The zero-order valence-corrected chi connectivity index (χ0v) is 13.5. The van der Waals surface area contributed by atoms with Gasteiger partial charge in [-0.1, -0.05) is 0 Å². The summed E-state index contributed by atoms with van der Waals surface area (Å²) in [5.41, 5.74) is 4.06. The van der Waals surface area contributed by atoms with Crippen LogP contribution in [0.25, 0.3) is 0 Å². The first-order valence-electron chi connectivity index (χ1n) is 7.39. The van der Waals surface area contributed by atoms with E-state index in [4.69, 9.17) is 0 Å². The summed E-state index contributed by atoms with van der Waals surface area (Å²) in [6, 6.07) is 7.55. The molecule has 5 nitrogen and oxygen atoms in total. The molecule has 0 aromatic carbocycles. The van der Waals surface area contributed by atoms with Crippen LogP contribution in [0, 0.1) is 13.8 Å². The van der Waals surface area contributed by atoms with Gasteiger partial charge in [0.05, 0.1) is 4.88 Å². The largest absolute Gasteiger partial charge is 0.309 e. The third-order valence-electron chi connectivity index (χ3n) is 3.83. The summed E-state index contributed by atoms with van der Waals surface area (Å²) in [5, 5.41) is 3.42. The predicted molar refractivity (Wildman–Crippen MR) is 88.2 cm³/mol. The van der Waals surface area contributed by atoms with E-state index >= 15 is 0 Å². The van der Waals surface area contributed by atoms with Gasteiger partial charge in [0.2, 0.25) is 0 Å². The number of aryl methyl sites for hydroxylation is 2. The van der Waals surface area contributed by atoms with Crippen LogP contribution in [0.1, 0.15) is 44.7 Å². The molecule has 1 aliphatic heterocycles. The molecule has 2 aromatic heterocycles. The Balaban J connectivity index is 1.79. The van der Waals surface area contributed by atoms with Gasteiger partial charge >= 0.3 is 0 Å². The molecule has 0 radical (unpaired) electrons. The first-order chi connectivity index (χ1) is 10.5. The van der Waals surface area contributed by atoms with E-state index in [1.165, 1.54) is 33.4 Å². The van der Waals surface area contributed by atoms with Gasteiger partial charge in [-0.25, -0.2) is 4.68 Å². The molecule has 0 bridgehead atoms. The van der Waals surface area contributed by atoms with Crippen molar-refractivity contribution in [1.82, 2.24) is 9.99 Å². The highest BCUT2D eigenvalue weighted by Gasteiger charge is 2.20. The van der Waals surface area contributed by atoms with E-state index in [1.807, 2.05) is 25.1 Å². The maximum Gasteiger partial charge on any atom is 0.280 e. The summed E-state index contributed by atoms with van der Waals surface area (Å²) in [6.07, 6.45) is 2.28. The lowest BCUT2D eigenvalue weighted by molar-refractivity contribution is 0.101. The number of hydrogen-bond acceptors (Lipinski definition) is 4. The van der Waals surface area contributed by atoms with Gasteiger partial charge in [0, 0.05) is 22.7 Å². The number of rotatable bonds is 3. The number of hydrogen-bond donors (Lipinski definition) is 2. The van der Waals surface area contributed by atoms with Gasteiger partial charge in [0.25, 0.3) is 11.5 Å². The third kappa shape index (κ3) is 2.98. The van der Waals surface area contributed by atoms with Crippen molar-refractivity contribution >= 4 is 17.2 Å². The van der Waals surface area contributed by atoms with E-state index in [1.54, 1.807) is 6.92 Å². The van der Waals surface area contributed by atoms with E-state index in [-0.39, 0.29) is 11.5 Å². The molecule has 6 heteroatoms. The number of carbonyl (C=O) groups excluding carboxylic acids is 1. The standard InChI is InChI=1S/C16H19N3O2S/c1-10-8-11(2)19(15(20)9-10)18-16(21)14-6-5-13(22-14)12-4-3-7-17-12/h5-6,8-9,12,17H,3-4,7H2,1-2H3,(H,18,21)/t12-/m1/s1.